The van der Waals surface area contributed by atoms with Gasteiger partial charge in [-0.15, -0.1) is 0 Å². The summed E-state index contributed by atoms with van der Waals surface area (Å²) >= 11 is -1.47. The van der Waals surface area contributed by atoms with Crippen LogP contribution in [0.15, 0.2) is 0 Å². The molecule has 0 heterocycles. The molecule has 0 aliphatic rings. The van der Waals surface area contributed by atoms with E-state index < -0.39 is 21.3 Å². The number of rotatable bonds is 4. The Morgan fingerprint density at radius 3 is 2.00 bits per heavy atom. The molecule has 0 aromatic rings. The molecule has 0 unspecified atom stereocenters. The Hall–Kier alpha value is 1.40. The topological polar surface area (TPSA) is 69.6 Å². The number of hydrogen-bond donors (Lipinski definition) is 3. The molecule has 0 atom stereocenters. The van der Waals surface area contributed by atoms with Crippen LogP contribution in [0.1, 0.15) is 0 Å². The Balaban J connectivity index is 0. The molecule has 0 saturated heterocycles. The Morgan fingerprint density at radius 1 is 1.33 bits per heavy atom. The first-order valence-electron chi connectivity index (χ1n) is 3.32. The first kappa shape index (κ1) is 15.9. The third kappa shape index (κ3) is 14.0. The molecule has 12 heavy (non-hydrogen) atoms. The van der Waals surface area contributed by atoms with Crippen molar-refractivity contribution in [3.63, 3.8) is 0 Å². The zero-order chi connectivity index (χ0) is 9.12. The van der Waals surface area contributed by atoms with Gasteiger partial charge in [-0.3, -0.25) is 0 Å². The Morgan fingerprint density at radius 2 is 1.75 bits per heavy atom. The molecule has 0 amide bonds. The Bertz CT molecular complexity index is 167. The van der Waals surface area contributed by atoms with E-state index in [0.29, 0.717) is 6.54 Å². The molecule has 0 spiro atoms. The predicted molar refractivity (Wildman–Crippen MR) is 48.2 cm³/mol. The molecule has 0 saturated carbocycles. The number of halogens is 1. The second kappa shape index (κ2) is 5.99. The van der Waals surface area contributed by atoms with Crippen molar-refractivity contribution < 1.29 is 38.3 Å². The molecule has 7 heteroatoms. The maximum absolute atomic E-state index is 10.3. The molecular weight excluding hydrogens is 355 g/mol. The Labute approximate surface area is 93.2 Å². The fraction of sp³-hybridized carbons (Fsp3) is 1.00. The minimum atomic E-state index is -3.97. The summed E-state index contributed by atoms with van der Waals surface area (Å²) in [4.78, 5) is 16.9. The van der Waals surface area contributed by atoms with Crippen LogP contribution >= 0.6 is 7.75 Å². The standard InChI is InChI=1S/C5H15AsNO3P.HI/c1-6(2,3)4-5-7-11(8,9)10;/h4-5H2,1-3H3,(H2-,7,8,9,10);1H. The van der Waals surface area contributed by atoms with E-state index in [0.717, 1.165) is 5.21 Å². The zero-order valence-corrected chi connectivity index (χ0v) is 12.4. The van der Waals surface area contributed by atoms with Crippen LogP contribution in [0.5, 0.6) is 0 Å². The van der Waals surface area contributed by atoms with Crippen LogP contribution in [-0.2, 0) is 4.57 Å². The van der Waals surface area contributed by atoms with Crippen molar-refractivity contribution in [1.29, 1.82) is 0 Å². The molecular formula is C5H16AsINO3P. The van der Waals surface area contributed by atoms with Crippen LogP contribution < -0.4 is 29.1 Å². The van der Waals surface area contributed by atoms with Gasteiger partial charge >= 0.3 is 69.6 Å². The van der Waals surface area contributed by atoms with Crippen LogP contribution in [0.25, 0.3) is 0 Å². The molecule has 0 aromatic heterocycles. The quantitative estimate of drug-likeness (QED) is 0.304. The fourth-order valence-electron chi connectivity index (χ4n) is 0.531. The van der Waals surface area contributed by atoms with E-state index in [9.17, 15) is 4.57 Å². The van der Waals surface area contributed by atoms with Gasteiger partial charge in [0.05, 0.1) is 0 Å². The average Bonchev–Trinajstić information content (AvgIpc) is 1.55. The largest absolute Gasteiger partial charge is 1.00 e. The maximum Gasteiger partial charge on any atom is -1.00 e. The summed E-state index contributed by atoms with van der Waals surface area (Å²) < 4.78 is 10.3. The fourth-order valence-corrected chi connectivity index (χ4v) is 2.96. The second-order valence-corrected chi connectivity index (χ2v) is 15.4. The summed E-state index contributed by atoms with van der Waals surface area (Å²) in [6.07, 6.45) is 0. The molecule has 0 aromatic carbocycles. The van der Waals surface area contributed by atoms with Crippen molar-refractivity contribution in [3.8, 4) is 0 Å². The summed E-state index contributed by atoms with van der Waals surface area (Å²) in [7, 11) is -3.97. The van der Waals surface area contributed by atoms with E-state index in [1.165, 1.54) is 0 Å². The van der Waals surface area contributed by atoms with E-state index >= 15 is 0 Å². The van der Waals surface area contributed by atoms with E-state index in [4.69, 9.17) is 9.79 Å². The first-order chi connectivity index (χ1) is 4.71. The van der Waals surface area contributed by atoms with Gasteiger partial charge in [0.25, 0.3) is 0 Å². The molecule has 0 rings (SSSR count). The van der Waals surface area contributed by atoms with Gasteiger partial charge in [-0.05, 0) is 0 Å². The summed E-state index contributed by atoms with van der Waals surface area (Å²) in [6.45, 7) is 0.431. The van der Waals surface area contributed by atoms with E-state index in [1.54, 1.807) is 0 Å². The monoisotopic (exact) mass is 371 g/mol. The van der Waals surface area contributed by atoms with Gasteiger partial charge < -0.3 is 24.0 Å². The summed E-state index contributed by atoms with van der Waals surface area (Å²) in [5.41, 5.74) is 6.58. The summed E-state index contributed by atoms with van der Waals surface area (Å²) in [6, 6.07) is 0. The van der Waals surface area contributed by atoms with Gasteiger partial charge in [-0.1, -0.05) is 0 Å². The minimum absolute atomic E-state index is 0. The third-order valence-electron chi connectivity index (χ3n) is 1.10. The van der Waals surface area contributed by atoms with Crippen LogP contribution in [0.2, 0.25) is 22.3 Å². The van der Waals surface area contributed by atoms with Gasteiger partial charge in [0.15, 0.2) is 0 Å². The average molecular weight is 371 g/mol. The van der Waals surface area contributed by atoms with Gasteiger partial charge in [0.1, 0.15) is 0 Å². The van der Waals surface area contributed by atoms with E-state index in [-0.39, 0.29) is 24.0 Å². The smallest absolute Gasteiger partial charge is 1.00 e. The normalized spacial score (nSPS) is 12.4. The number of nitrogens with one attached hydrogen (secondary N) is 1. The van der Waals surface area contributed by atoms with Gasteiger partial charge in [0, 0.05) is 0 Å². The van der Waals surface area contributed by atoms with Crippen molar-refractivity contribution in [2.75, 3.05) is 6.54 Å². The van der Waals surface area contributed by atoms with Gasteiger partial charge in [-0.2, -0.15) is 0 Å². The van der Waals surface area contributed by atoms with E-state index in [1.807, 2.05) is 0 Å². The van der Waals surface area contributed by atoms with Crippen molar-refractivity contribution in [2.24, 2.45) is 0 Å². The molecule has 0 bridgehead atoms. The molecule has 0 aliphatic heterocycles. The molecule has 3 N–H and O–H groups in total. The molecule has 0 radical (unpaired) electrons. The second-order valence-electron chi connectivity index (χ2n) is 3.47. The summed E-state index contributed by atoms with van der Waals surface area (Å²) in [5.74, 6) is 0. The van der Waals surface area contributed by atoms with Crippen molar-refractivity contribution in [1.82, 2.24) is 5.09 Å². The number of hydrogen-bond acceptors (Lipinski definition) is 1. The van der Waals surface area contributed by atoms with Crippen molar-refractivity contribution >= 4 is 21.3 Å². The third-order valence-corrected chi connectivity index (χ3v) is 5.02. The predicted octanol–water partition coefficient (Wildman–Crippen LogP) is -1.99. The first-order valence-corrected chi connectivity index (χ1v) is 11.9. The molecule has 0 aliphatic carbocycles. The van der Waals surface area contributed by atoms with Crippen molar-refractivity contribution in [3.05, 3.63) is 0 Å². The minimum Gasteiger partial charge on any atom is -1.00 e. The van der Waals surface area contributed by atoms with Crippen LogP contribution in [0, 0.1) is 0 Å². The van der Waals surface area contributed by atoms with E-state index in [2.05, 4.69) is 22.2 Å². The van der Waals surface area contributed by atoms with Crippen LogP contribution in [0.3, 0.4) is 0 Å². The van der Waals surface area contributed by atoms with Crippen LogP contribution in [0.4, 0.5) is 0 Å². The maximum atomic E-state index is 10.3. The molecule has 0 fully saturated rings. The zero-order valence-electron chi connectivity index (χ0n) is 7.49. The van der Waals surface area contributed by atoms with Crippen molar-refractivity contribution in [2.45, 2.75) is 22.3 Å². The SMILES string of the molecule is C[As+](C)(C)CCNP(=O)(O)O.[I-]. The molecule has 76 valence electrons. The van der Waals surface area contributed by atoms with Crippen LogP contribution in [-0.4, -0.2) is 29.9 Å². The molecule has 4 nitrogen and oxygen atoms in total. The Kier molecular flexibility index (Phi) is 7.91. The van der Waals surface area contributed by atoms with Gasteiger partial charge in [-0.25, -0.2) is 0 Å². The van der Waals surface area contributed by atoms with Gasteiger partial charge in [0.2, 0.25) is 0 Å². The summed E-state index contributed by atoms with van der Waals surface area (Å²) in [5, 5.41) is 3.11.